The average Bonchev–Trinajstić information content (AvgIpc) is 3.42. The first-order valence-electron chi connectivity index (χ1n) is 11.1. The highest BCUT2D eigenvalue weighted by atomic mass is 79.9. The highest BCUT2D eigenvalue weighted by molar-refractivity contribution is 9.10. The molecule has 0 saturated carbocycles. The van der Waals surface area contributed by atoms with E-state index in [9.17, 15) is 4.79 Å². The molecule has 2 aromatic carbocycles. The Morgan fingerprint density at radius 2 is 1.92 bits per heavy atom. The van der Waals surface area contributed by atoms with Crippen LogP contribution in [0.1, 0.15) is 52.8 Å². The van der Waals surface area contributed by atoms with Crippen LogP contribution >= 0.6 is 50.7 Å². The van der Waals surface area contributed by atoms with Gasteiger partial charge in [-0.15, -0.1) is 0 Å². The summed E-state index contributed by atoms with van der Waals surface area (Å²) in [5, 5.41) is 8.99. The fourth-order valence-corrected chi connectivity index (χ4v) is 4.58. The van der Waals surface area contributed by atoms with Crippen molar-refractivity contribution in [2.24, 2.45) is 0 Å². The summed E-state index contributed by atoms with van der Waals surface area (Å²) in [6, 6.07) is 12.4. The van der Waals surface area contributed by atoms with Crippen molar-refractivity contribution in [3.8, 4) is 5.75 Å². The molecule has 0 aliphatic carbocycles. The first-order chi connectivity index (χ1) is 17.1. The van der Waals surface area contributed by atoms with Gasteiger partial charge in [0.1, 0.15) is 18.1 Å². The molecule has 36 heavy (non-hydrogen) atoms. The largest absolute Gasteiger partial charge is 0.485 e. The molecule has 0 saturated heterocycles. The monoisotopic (exact) mass is 609 g/mol. The first kappa shape index (κ1) is 26.6. The van der Waals surface area contributed by atoms with E-state index < -0.39 is 5.91 Å². The second kappa shape index (κ2) is 11.3. The van der Waals surface area contributed by atoms with Gasteiger partial charge in [-0.1, -0.05) is 54.7 Å². The Kier molecular flexibility index (Phi) is 8.35. The summed E-state index contributed by atoms with van der Waals surface area (Å²) in [7, 11) is 0. The number of aryl methyl sites for hydroxylation is 1. The Labute approximate surface area is 232 Å². The standard InChI is InChI=1S/C26H23BrCl3N3O3/c1-14(2)19-10-21(29)15(3)8-24(19)35-13-18-6-7-23(36-18)26(34)31-25-20(27)12-33(32-25)11-16-4-5-17(28)9-22(16)30/h4-10,12,14H,11,13H2,1-3H3,(H,31,32,34). The van der Waals surface area contributed by atoms with Crippen LogP contribution in [0.4, 0.5) is 5.82 Å². The van der Waals surface area contributed by atoms with E-state index in [4.69, 9.17) is 44.0 Å². The fraction of sp³-hybridized carbons (Fsp3) is 0.231. The molecule has 2 aromatic heterocycles. The number of nitrogens with one attached hydrogen (secondary N) is 1. The zero-order valence-electron chi connectivity index (χ0n) is 19.7. The molecule has 4 rings (SSSR count). The molecular formula is C26H23BrCl3N3O3. The van der Waals surface area contributed by atoms with Crippen LogP contribution in [0.15, 0.2) is 57.6 Å². The first-order valence-corrected chi connectivity index (χ1v) is 13.0. The lowest BCUT2D eigenvalue weighted by Gasteiger charge is -2.15. The number of nitrogens with zero attached hydrogens (tertiary/aromatic N) is 2. The van der Waals surface area contributed by atoms with Crippen LogP contribution in [0.3, 0.4) is 0 Å². The maximum Gasteiger partial charge on any atom is 0.292 e. The average molecular weight is 612 g/mol. The van der Waals surface area contributed by atoms with Gasteiger partial charge < -0.3 is 14.5 Å². The van der Waals surface area contributed by atoms with E-state index in [2.05, 4.69) is 40.2 Å². The summed E-state index contributed by atoms with van der Waals surface area (Å²) in [6.45, 7) is 6.67. The van der Waals surface area contributed by atoms with Gasteiger partial charge in [-0.3, -0.25) is 9.48 Å². The molecule has 4 aromatic rings. The zero-order chi connectivity index (χ0) is 26.0. The number of carbonyl (C=O) groups excluding carboxylic acids is 1. The summed E-state index contributed by atoms with van der Waals surface area (Å²) in [5.41, 5.74) is 2.79. The van der Waals surface area contributed by atoms with Crippen molar-refractivity contribution < 1.29 is 13.9 Å². The Morgan fingerprint density at radius 1 is 1.14 bits per heavy atom. The molecule has 1 amide bonds. The SMILES string of the molecule is Cc1cc(OCc2ccc(C(=O)Nc3nn(Cc4ccc(Cl)cc4Cl)cc3Br)o2)c(C(C)C)cc1Cl. The van der Waals surface area contributed by atoms with Gasteiger partial charge in [0, 0.05) is 21.3 Å². The smallest absolute Gasteiger partial charge is 0.292 e. The Bertz CT molecular complexity index is 1410. The molecule has 6 nitrogen and oxygen atoms in total. The number of amides is 1. The number of furan rings is 1. The van der Waals surface area contributed by atoms with Gasteiger partial charge in [0.25, 0.3) is 5.91 Å². The van der Waals surface area contributed by atoms with Crippen LogP contribution in [0, 0.1) is 6.92 Å². The van der Waals surface area contributed by atoms with Crippen molar-refractivity contribution in [1.82, 2.24) is 9.78 Å². The second-order valence-electron chi connectivity index (χ2n) is 8.56. The molecule has 0 aliphatic heterocycles. The lowest BCUT2D eigenvalue weighted by atomic mass is 10.0. The molecule has 0 radical (unpaired) electrons. The third-order valence-corrected chi connectivity index (χ3v) is 7.04. The van der Waals surface area contributed by atoms with E-state index in [1.807, 2.05) is 25.1 Å². The lowest BCUT2D eigenvalue weighted by Crippen LogP contribution is -2.12. The highest BCUT2D eigenvalue weighted by Crippen LogP contribution is 2.32. The minimum Gasteiger partial charge on any atom is -0.485 e. The van der Waals surface area contributed by atoms with Gasteiger partial charge in [-0.05, 0) is 81.9 Å². The fourth-order valence-electron chi connectivity index (χ4n) is 3.53. The predicted octanol–water partition coefficient (Wildman–Crippen LogP) is 8.51. The van der Waals surface area contributed by atoms with Gasteiger partial charge in [0.05, 0.1) is 11.0 Å². The number of benzene rings is 2. The second-order valence-corrected chi connectivity index (χ2v) is 10.7. The summed E-state index contributed by atoms with van der Waals surface area (Å²) in [5.74, 6) is 1.57. The number of hydrogen-bond acceptors (Lipinski definition) is 4. The normalized spacial score (nSPS) is 11.2. The molecule has 0 aliphatic rings. The molecule has 10 heteroatoms. The summed E-state index contributed by atoms with van der Waals surface area (Å²) in [4.78, 5) is 12.8. The lowest BCUT2D eigenvalue weighted by molar-refractivity contribution is 0.0992. The maximum absolute atomic E-state index is 12.8. The predicted molar refractivity (Wildman–Crippen MR) is 147 cm³/mol. The van der Waals surface area contributed by atoms with Crippen molar-refractivity contribution in [3.63, 3.8) is 0 Å². The quantitative estimate of drug-likeness (QED) is 0.217. The molecule has 1 N–H and O–H groups in total. The van der Waals surface area contributed by atoms with Crippen molar-refractivity contribution in [1.29, 1.82) is 0 Å². The summed E-state index contributed by atoms with van der Waals surface area (Å²) < 4.78 is 14.0. The number of rotatable bonds is 8. The van der Waals surface area contributed by atoms with E-state index >= 15 is 0 Å². The molecule has 0 fully saturated rings. The van der Waals surface area contributed by atoms with Gasteiger partial charge >= 0.3 is 0 Å². The number of hydrogen-bond donors (Lipinski definition) is 1. The van der Waals surface area contributed by atoms with Crippen LogP contribution in [0.25, 0.3) is 0 Å². The number of anilines is 1. The topological polar surface area (TPSA) is 69.3 Å². The molecule has 0 unspecified atom stereocenters. The number of ether oxygens (including phenoxy) is 1. The van der Waals surface area contributed by atoms with E-state index in [-0.39, 0.29) is 18.3 Å². The molecule has 0 spiro atoms. The van der Waals surface area contributed by atoms with Crippen molar-refractivity contribution >= 4 is 62.5 Å². The minimum atomic E-state index is -0.429. The molecular weight excluding hydrogens is 589 g/mol. The van der Waals surface area contributed by atoms with Crippen molar-refractivity contribution in [2.75, 3.05) is 5.32 Å². The van der Waals surface area contributed by atoms with Gasteiger partial charge in [0.2, 0.25) is 0 Å². The van der Waals surface area contributed by atoms with Crippen LogP contribution in [0.5, 0.6) is 5.75 Å². The van der Waals surface area contributed by atoms with Crippen molar-refractivity contribution in [2.45, 2.75) is 39.8 Å². The Balaban J connectivity index is 1.41. The number of aromatic nitrogens is 2. The highest BCUT2D eigenvalue weighted by Gasteiger charge is 2.17. The Hall–Kier alpha value is -2.45. The van der Waals surface area contributed by atoms with E-state index in [1.54, 1.807) is 35.1 Å². The zero-order valence-corrected chi connectivity index (χ0v) is 23.6. The third-order valence-electron chi connectivity index (χ3n) is 5.46. The summed E-state index contributed by atoms with van der Waals surface area (Å²) >= 11 is 21.9. The van der Waals surface area contributed by atoms with Crippen LogP contribution in [-0.2, 0) is 13.2 Å². The van der Waals surface area contributed by atoms with Gasteiger partial charge in [-0.25, -0.2) is 0 Å². The summed E-state index contributed by atoms with van der Waals surface area (Å²) in [6.07, 6.45) is 1.75. The van der Waals surface area contributed by atoms with Gasteiger partial charge in [0.15, 0.2) is 11.6 Å². The number of halogens is 4. The van der Waals surface area contributed by atoms with E-state index in [0.717, 1.165) is 22.4 Å². The maximum atomic E-state index is 12.8. The van der Waals surface area contributed by atoms with Crippen LogP contribution < -0.4 is 10.1 Å². The molecule has 0 atom stereocenters. The number of carbonyl (C=O) groups is 1. The van der Waals surface area contributed by atoms with Crippen LogP contribution in [-0.4, -0.2) is 15.7 Å². The van der Waals surface area contributed by atoms with Gasteiger partial charge in [-0.2, -0.15) is 5.10 Å². The molecule has 0 bridgehead atoms. The third kappa shape index (κ3) is 6.27. The Morgan fingerprint density at radius 3 is 2.64 bits per heavy atom. The molecule has 2 heterocycles. The molecule has 188 valence electrons. The van der Waals surface area contributed by atoms with E-state index in [0.29, 0.717) is 37.7 Å². The van der Waals surface area contributed by atoms with Crippen molar-refractivity contribution in [3.05, 3.63) is 96.4 Å². The van der Waals surface area contributed by atoms with Crippen LogP contribution in [0.2, 0.25) is 15.1 Å². The van der Waals surface area contributed by atoms with E-state index in [1.165, 1.54) is 0 Å². The minimum absolute atomic E-state index is 0.146.